The lowest BCUT2D eigenvalue weighted by Crippen LogP contribution is -2.17. The number of nitrogens with one attached hydrogen (secondary N) is 2. The number of esters is 2. The Morgan fingerprint density at radius 1 is 0.453 bits per heavy atom. The number of carbonyl (C=O) groups excluding carboxylic acids is 5. The van der Waals surface area contributed by atoms with E-state index in [-0.39, 0.29) is 42.6 Å². The van der Waals surface area contributed by atoms with Gasteiger partial charge in [0.1, 0.15) is 41.1 Å². The molecule has 0 bridgehead atoms. The molecule has 0 spiro atoms. The van der Waals surface area contributed by atoms with E-state index in [1.54, 1.807) is 146 Å². The molecule has 0 radical (unpaired) electrons. The van der Waals surface area contributed by atoms with Gasteiger partial charge in [-0.25, -0.2) is 14.4 Å². The molecule has 0 fully saturated rings. The average Bonchev–Trinajstić information content (AvgIpc) is 3.30. The first-order valence-corrected chi connectivity index (χ1v) is 19.5. The van der Waals surface area contributed by atoms with Crippen molar-refractivity contribution in [2.45, 2.75) is 19.8 Å². The lowest BCUT2D eigenvalue weighted by molar-refractivity contribution is -0.139. The van der Waals surface area contributed by atoms with Gasteiger partial charge in [0.05, 0.1) is 49.6 Å². The minimum absolute atomic E-state index is 0.0313. The zero-order chi connectivity index (χ0) is 45.8. The summed E-state index contributed by atoms with van der Waals surface area (Å²) >= 11 is 0. The highest BCUT2D eigenvalue weighted by Crippen LogP contribution is 2.26. The third kappa shape index (κ3) is 14.9. The number of para-hydroxylation sites is 2. The number of benzene rings is 6. The van der Waals surface area contributed by atoms with Crippen LogP contribution in [0.1, 0.15) is 38.8 Å². The monoisotopic (exact) mass is 868 g/mol. The van der Waals surface area contributed by atoms with E-state index in [4.69, 9.17) is 33.5 Å². The van der Waals surface area contributed by atoms with Crippen molar-refractivity contribution in [1.82, 2.24) is 0 Å². The molecule has 3 N–H and O–H groups in total. The lowest BCUT2D eigenvalue weighted by atomic mass is 10.1. The molecule has 64 heavy (non-hydrogen) atoms. The highest BCUT2D eigenvalue weighted by atomic mass is 16.5. The SMILES string of the molecule is COC(=O)c1ccccc1NC(=O)Cc1ccc(Oc2ccc(OCC(=O)O)cc2)cc1.COC(=O)c1ccccc1NC(=O)Cc1ccc(Oc2ccc(OCC(C)=O)cc2)cc1. The van der Waals surface area contributed by atoms with Crippen molar-refractivity contribution in [2.24, 2.45) is 0 Å². The van der Waals surface area contributed by atoms with E-state index in [1.807, 2.05) is 0 Å². The largest absolute Gasteiger partial charge is 0.486 e. The summed E-state index contributed by atoms with van der Waals surface area (Å²) in [6.07, 6.45) is 0.253. The average molecular weight is 869 g/mol. The molecule has 6 aromatic rings. The van der Waals surface area contributed by atoms with Crippen LogP contribution in [0.15, 0.2) is 146 Å². The van der Waals surface area contributed by atoms with Crippen LogP contribution in [0.2, 0.25) is 0 Å². The Bertz CT molecular complexity index is 2360. The summed E-state index contributed by atoms with van der Waals surface area (Å²) in [6.45, 7) is 1.08. The van der Waals surface area contributed by atoms with E-state index < -0.39 is 24.5 Å². The highest BCUT2D eigenvalue weighted by molar-refractivity contribution is 6.02. The first kappa shape index (κ1) is 46.6. The van der Waals surface area contributed by atoms with Gasteiger partial charge >= 0.3 is 17.9 Å². The number of carbonyl (C=O) groups is 6. The van der Waals surface area contributed by atoms with Crippen LogP contribution in [0.4, 0.5) is 11.4 Å². The summed E-state index contributed by atoms with van der Waals surface area (Å²) in [7, 11) is 2.58. The van der Waals surface area contributed by atoms with E-state index in [9.17, 15) is 28.8 Å². The minimum Gasteiger partial charge on any atom is -0.486 e. The number of carboxylic acid groups (broad SMARTS) is 1. The number of aliphatic carboxylic acids is 1. The van der Waals surface area contributed by atoms with E-state index in [0.29, 0.717) is 51.4 Å². The quantitative estimate of drug-likeness (QED) is 0.0697. The van der Waals surface area contributed by atoms with Gasteiger partial charge in [-0.15, -0.1) is 0 Å². The van der Waals surface area contributed by atoms with Gasteiger partial charge in [-0.05, 0) is 115 Å². The number of Topliss-reactive ketones (excluding diaryl/α,β-unsaturated/α-hetero) is 1. The normalized spacial score (nSPS) is 10.2. The fraction of sp³-hybridized carbons (Fsp3) is 0.143. The molecule has 0 aliphatic carbocycles. The molecular formula is C49H44N2O13. The van der Waals surface area contributed by atoms with Crippen LogP contribution in [0.5, 0.6) is 34.5 Å². The second kappa shape index (κ2) is 23.5. The predicted molar refractivity (Wildman–Crippen MR) is 235 cm³/mol. The molecule has 0 aliphatic heterocycles. The van der Waals surface area contributed by atoms with Crippen LogP contribution in [-0.2, 0) is 41.5 Å². The van der Waals surface area contributed by atoms with Crippen molar-refractivity contribution in [3.8, 4) is 34.5 Å². The molecule has 0 heterocycles. The second-order valence-electron chi connectivity index (χ2n) is 13.6. The van der Waals surface area contributed by atoms with E-state index in [0.717, 1.165) is 11.1 Å². The van der Waals surface area contributed by atoms with E-state index in [1.165, 1.54) is 21.1 Å². The number of methoxy groups -OCH3 is 2. The first-order chi connectivity index (χ1) is 30.9. The third-order valence-electron chi connectivity index (χ3n) is 8.71. The van der Waals surface area contributed by atoms with Gasteiger partial charge in [0.15, 0.2) is 12.4 Å². The number of rotatable bonds is 18. The molecule has 0 saturated carbocycles. The Balaban J connectivity index is 0.000000241. The van der Waals surface area contributed by atoms with Gasteiger partial charge in [-0.3, -0.25) is 14.4 Å². The van der Waals surface area contributed by atoms with Gasteiger partial charge < -0.3 is 44.2 Å². The number of anilines is 2. The van der Waals surface area contributed by atoms with Crippen molar-refractivity contribution in [1.29, 1.82) is 0 Å². The van der Waals surface area contributed by atoms with Crippen LogP contribution in [0, 0.1) is 0 Å². The molecule has 15 heteroatoms. The summed E-state index contributed by atoms with van der Waals surface area (Å²) in [5.41, 5.74) is 2.93. The number of ether oxygens (including phenoxy) is 6. The fourth-order valence-electron chi connectivity index (χ4n) is 5.68. The molecule has 2 amide bonds. The molecule has 0 aliphatic rings. The van der Waals surface area contributed by atoms with Crippen LogP contribution in [0.3, 0.4) is 0 Å². The lowest BCUT2D eigenvalue weighted by Gasteiger charge is -2.10. The molecule has 6 rings (SSSR count). The zero-order valence-electron chi connectivity index (χ0n) is 35.0. The Labute approximate surface area is 368 Å². The van der Waals surface area contributed by atoms with Crippen LogP contribution >= 0.6 is 0 Å². The number of carboxylic acids is 1. The molecule has 6 aromatic carbocycles. The summed E-state index contributed by atoms with van der Waals surface area (Å²) in [4.78, 5) is 70.0. The zero-order valence-corrected chi connectivity index (χ0v) is 35.0. The molecular weight excluding hydrogens is 825 g/mol. The van der Waals surface area contributed by atoms with Crippen LogP contribution in [-0.4, -0.2) is 68.0 Å². The number of hydrogen-bond acceptors (Lipinski definition) is 12. The Morgan fingerprint density at radius 2 is 0.781 bits per heavy atom. The molecule has 0 saturated heterocycles. The van der Waals surface area contributed by atoms with Crippen molar-refractivity contribution >= 4 is 46.9 Å². The topological polar surface area (TPSA) is 202 Å². The summed E-state index contributed by atoms with van der Waals surface area (Å²) in [6, 6.07) is 41.0. The summed E-state index contributed by atoms with van der Waals surface area (Å²) in [5, 5.41) is 14.1. The molecule has 328 valence electrons. The summed E-state index contributed by atoms with van der Waals surface area (Å²) in [5.74, 6) is 0.707. The molecule has 15 nitrogen and oxygen atoms in total. The standard InChI is InChI=1S/C25H23NO6.C24H21NO7/c1-17(27)16-31-19-11-13-21(14-12-19)32-20-9-7-18(8-10-20)15-24(28)26-23-6-4-3-5-22(23)25(29)30-2;1-30-24(29)20-4-2-3-5-21(20)25-22(26)14-16-6-8-18(9-7-16)32-19-12-10-17(11-13-19)31-15-23(27)28/h3-14H,15-16H2,1-2H3,(H,26,28);2-13H,14-15H2,1H3,(H,25,26)(H,27,28). The molecule has 0 aromatic heterocycles. The van der Waals surface area contributed by atoms with Crippen molar-refractivity contribution < 1.29 is 62.3 Å². The van der Waals surface area contributed by atoms with Crippen molar-refractivity contribution in [3.63, 3.8) is 0 Å². The van der Waals surface area contributed by atoms with E-state index >= 15 is 0 Å². The summed E-state index contributed by atoms with van der Waals surface area (Å²) < 4.78 is 31.4. The predicted octanol–water partition coefficient (Wildman–Crippen LogP) is 8.32. The van der Waals surface area contributed by atoms with Gasteiger partial charge in [-0.2, -0.15) is 0 Å². The second-order valence-corrected chi connectivity index (χ2v) is 13.6. The fourth-order valence-corrected chi connectivity index (χ4v) is 5.68. The van der Waals surface area contributed by atoms with Crippen LogP contribution in [0.25, 0.3) is 0 Å². The van der Waals surface area contributed by atoms with Gasteiger partial charge in [0.2, 0.25) is 11.8 Å². The minimum atomic E-state index is -1.05. The Morgan fingerprint density at radius 3 is 1.12 bits per heavy atom. The van der Waals surface area contributed by atoms with Gasteiger partial charge in [0, 0.05) is 0 Å². The van der Waals surface area contributed by atoms with Crippen molar-refractivity contribution in [3.05, 3.63) is 168 Å². The number of amides is 2. The molecule has 0 atom stereocenters. The number of hydrogen-bond donors (Lipinski definition) is 3. The first-order valence-electron chi connectivity index (χ1n) is 19.5. The van der Waals surface area contributed by atoms with Gasteiger partial charge in [-0.1, -0.05) is 48.5 Å². The smallest absolute Gasteiger partial charge is 0.341 e. The van der Waals surface area contributed by atoms with Crippen molar-refractivity contribution in [2.75, 3.05) is 38.1 Å². The Kier molecular flexibility index (Phi) is 17.1. The van der Waals surface area contributed by atoms with Gasteiger partial charge in [0.25, 0.3) is 0 Å². The van der Waals surface area contributed by atoms with Crippen LogP contribution < -0.4 is 29.6 Å². The maximum absolute atomic E-state index is 12.4. The van der Waals surface area contributed by atoms with E-state index in [2.05, 4.69) is 10.6 Å². The maximum Gasteiger partial charge on any atom is 0.341 e. The Hall–Kier alpha value is -8.46. The third-order valence-corrected chi connectivity index (χ3v) is 8.71. The molecule has 0 unspecified atom stereocenters. The maximum atomic E-state index is 12.4. The number of ketones is 1. The highest BCUT2D eigenvalue weighted by Gasteiger charge is 2.15.